The van der Waals surface area contributed by atoms with Crippen LogP contribution in [0.25, 0.3) is 0 Å². The normalized spacial score (nSPS) is 10.2. The van der Waals surface area contributed by atoms with Gasteiger partial charge in [0.15, 0.2) is 0 Å². The minimum atomic E-state index is -0.126. The zero-order valence-corrected chi connectivity index (χ0v) is 13.1. The molecule has 0 spiro atoms. The van der Waals surface area contributed by atoms with Gasteiger partial charge in [-0.1, -0.05) is 31.2 Å². The van der Waals surface area contributed by atoms with Gasteiger partial charge in [-0.05, 0) is 35.6 Å². The molecule has 1 amide bonds. The Morgan fingerprint density at radius 1 is 1.14 bits per heavy atom. The highest BCUT2D eigenvalue weighted by Crippen LogP contribution is 2.19. The summed E-state index contributed by atoms with van der Waals surface area (Å²) >= 11 is 1.81. The van der Waals surface area contributed by atoms with Crippen molar-refractivity contribution in [2.45, 2.75) is 18.4 Å². The molecule has 0 radical (unpaired) electrons. The van der Waals surface area contributed by atoms with E-state index in [1.54, 1.807) is 31.0 Å². The van der Waals surface area contributed by atoms with Crippen LogP contribution in [0, 0.1) is 0 Å². The molecule has 0 saturated heterocycles. The van der Waals surface area contributed by atoms with Crippen LogP contribution in [0.5, 0.6) is 5.75 Å². The van der Waals surface area contributed by atoms with Gasteiger partial charge in [0.1, 0.15) is 5.75 Å². The van der Waals surface area contributed by atoms with E-state index in [9.17, 15) is 4.79 Å². The van der Waals surface area contributed by atoms with Crippen molar-refractivity contribution in [1.29, 1.82) is 0 Å². The quantitative estimate of drug-likeness (QED) is 0.826. The van der Waals surface area contributed by atoms with E-state index in [2.05, 4.69) is 24.4 Å². The van der Waals surface area contributed by atoms with Crippen molar-refractivity contribution in [2.24, 2.45) is 0 Å². The van der Waals surface area contributed by atoms with Crippen LogP contribution in [0.4, 0.5) is 0 Å². The van der Waals surface area contributed by atoms with Crippen molar-refractivity contribution in [1.82, 2.24) is 5.32 Å². The molecule has 0 fully saturated rings. The number of ether oxygens (including phenoxy) is 1. The highest BCUT2D eigenvalue weighted by atomic mass is 32.2. The van der Waals surface area contributed by atoms with Gasteiger partial charge in [-0.2, -0.15) is 0 Å². The van der Waals surface area contributed by atoms with Gasteiger partial charge in [0.05, 0.1) is 12.7 Å². The van der Waals surface area contributed by atoms with E-state index in [0.717, 1.165) is 11.3 Å². The van der Waals surface area contributed by atoms with E-state index in [-0.39, 0.29) is 5.91 Å². The zero-order valence-electron chi connectivity index (χ0n) is 12.3. The molecule has 0 unspecified atom stereocenters. The molecule has 0 heterocycles. The maximum Gasteiger partial charge on any atom is 0.255 e. The molecule has 21 heavy (non-hydrogen) atoms. The fraction of sp³-hybridized carbons (Fsp3) is 0.235. The Balaban J connectivity index is 1.97. The van der Waals surface area contributed by atoms with Crippen LogP contribution in [-0.4, -0.2) is 18.8 Å². The number of carbonyl (C=O) groups excluding carboxylic acids is 1. The van der Waals surface area contributed by atoms with Crippen molar-refractivity contribution >= 4 is 17.7 Å². The van der Waals surface area contributed by atoms with Gasteiger partial charge in [-0.15, -0.1) is 11.8 Å². The van der Waals surface area contributed by atoms with Gasteiger partial charge in [-0.25, -0.2) is 0 Å². The second kappa shape index (κ2) is 7.74. The molecule has 110 valence electrons. The lowest BCUT2D eigenvalue weighted by Crippen LogP contribution is -2.23. The molecule has 1 N–H and O–H groups in total. The summed E-state index contributed by atoms with van der Waals surface area (Å²) in [6, 6.07) is 15.5. The van der Waals surface area contributed by atoms with Gasteiger partial charge in [0, 0.05) is 11.4 Å². The average Bonchev–Trinajstić information content (AvgIpc) is 2.54. The Morgan fingerprint density at radius 3 is 2.52 bits per heavy atom. The summed E-state index contributed by atoms with van der Waals surface area (Å²) in [5.74, 6) is 1.52. The first kappa shape index (κ1) is 15.4. The standard InChI is InChI=1S/C17H19NO2S/c1-3-21-14-10-8-13(9-11-14)12-18-17(19)15-6-4-5-7-16(15)20-2/h4-11H,3,12H2,1-2H3,(H,18,19). The minimum Gasteiger partial charge on any atom is -0.496 e. The molecule has 2 rings (SSSR count). The van der Waals surface area contributed by atoms with Crippen molar-refractivity contribution < 1.29 is 9.53 Å². The first-order chi connectivity index (χ1) is 10.2. The molecular weight excluding hydrogens is 282 g/mol. The van der Waals surface area contributed by atoms with Gasteiger partial charge in [0.25, 0.3) is 5.91 Å². The Labute approximate surface area is 129 Å². The summed E-state index contributed by atoms with van der Waals surface area (Å²) in [5, 5.41) is 2.92. The minimum absolute atomic E-state index is 0.126. The number of hydrogen-bond acceptors (Lipinski definition) is 3. The summed E-state index contributed by atoms with van der Waals surface area (Å²) < 4.78 is 5.20. The molecular formula is C17H19NO2S. The van der Waals surface area contributed by atoms with Crippen LogP contribution < -0.4 is 10.1 Å². The summed E-state index contributed by atoms with van der Waals surface area (Å²) in [6.07, 6.45) is 0. The lowest BCUT2D eigenvalue weighted by atomic mass is 10.1. The molecule has 0 aromatic heterocycles. The summed E-state index contributed by atoms with van der Waals surface area (Å²) in [6.45, 7) is 2.64. The molecule has 3 nitrogen and oxygen atoms in total. The molecule has 0 saturated carbocycles. The summed E-state index contributed by atoms with van der Waals surface area (Å²) in [7, 11) is 1.57. The fourth-order valence-corrected chi connectivity index (χ4v) is 2.64. The summed E-state index contributed by atoms with van der Waals surface area (Å²) in [4.78, 5) is 13.4. The van der Waals surface area contributed by atoms with Crippen LogP contribution in [0.3, 0.4) is 0 Å². The number of nitrogens with one attached hydrogen (secondary N) is 1. The number of hydrogen-bond donors (Lipinski definition) is 1. The Morgan fingerprint density at radius 2 is 1.86 bits per heavy atom. The number of amides is 1. The lowest BCUT2D eigenvalue weighted by molar-refractivity contribution is 0.0948. The Kier molecular flexibility index (Phi) is 5.69. The maximum atomic E-state index is 12.2. The van der Waals surface area contributed by atoms with Crippen LogP contribution in [0.15, 0.2) is 53.4 Å². The first-order valence-electron chi connectivity index (χ1n) is 6.87. The predicted molar refractivity (Wildman–Crippen MR) is 87.0 cm³/mol. The number of thioether (sulfide) groups is 1. The monoisotopic (exact) mass is 301 g/mol. The van der Waals surface area contributed by atoms with E-state index in [1.165, 1.54) is 4.90 Å². The average molecular weight is 301 g/mol. The number of rotatable bonds is 6. The number of methoxy groups -OCH3 is 1. The SMILES string of the molecule is CCSc1ccc(CNC(=O)c2ccccc2OC)cc1. The van der Waals surface area contributed by atoms with Crippen LogP contribution >= 0.6 is 11.8 Å². The van der Waals surface area contributed by atoms with E-state index in [1.807, 2.05) is 24.3 Å². The van der Waals surface area contributed by atoms with Crippen molar-refractivity contribution in [3.8, 4) is 5.75 Å². The van der Waals surface area contributed by atoms with Crippen LogP contribution in [0.2, 0.25) is 0 Å². The topological polar surface area (TPSA) is 38.3 Å². The molecule has 4 heteroatoms. The Hall–Kier alpha value is -1.94. The molecule has 0 aliphatic heterocycles. The van der Waals surface area contributed by atoms with E-state index >= 15 is 0 Å². The molecule has 0 aliphatic rings. The number of para-hydroxylation sites is 1. The van der Waals surface area contributed by atoms with Gasteiger partial charge >= 0.3 is 0 Å². The third kappa shape index (κ3) is 4.26. The number of carbonyl (C=O) groups is 1. The maximum absolute atomic E-state index is 12.2. The van der Waals surface area contributed by atoms with E-state index in [0.29, 0.717) is 17.9 Å². The molecule has 2 aromatic carbocycles. The van der Waals surface area contributed by atoms with Crippen molar-refractivity contribution in [3.05, 3.63) is 59.7 Å². The third-order valence-electron chi connectivity index (χ3n) is 3.04. The summed E-state index contributed by atoms with van der Waals surface area (Å²) in [5.41, 5.74) is 1.64. The third-order valence-corrected chi connectivity index (χ3v) is 3.93. The van der Waals surface area contributed by atoms with E-state index in [4.69, 9.17) is 4.74 Å². The molecule has 0 bridgehead atoms. The second-order valence-corrected chi connectivity index (χ2v) is 5.80. The first-order valence-corrected chi connectivity index (χ1v) is 7.86. The van der Waals surface area contributed by atoms with Crippen LogP contribution in [-0.2, 0) is 6.54 Å². The second-order valence-electron chi connectivity index (χ2n) is 4.46. The van der Waals surface area contributed by atoms with Crippen molar-refractivity contribution in [2.75, 3.05) is 12.9 Å². The van der Waals surface area contributed by atoms with Gasteiger partial charge in [-0.3, -0.25) is 4.79 Å². The zero-order chi connectivity index (χ0) is 15.1. The Bertz CT molecular complexity index is 596. The molecule has 2 aromatic rings. The smallest absolute Gasteiger partial charge is 0.255 e. The lowest BCUT2D eigenvalue weighted by Gasteiger charge is -2.09. The van der Waals surface area contributed by atoms with Crippen LogP contribution in [0.1, 0.15) is 22.8 Å². The van der Waals surface area contributed by atoms with E-state index < -0.39 is 0 Å². The largest absolute Gasteiger partial charge is 0.496 e. The predicted octanol–water partition coefficient (Wildman–Crippen LogP) is 3.74. The number of benzene rings is 2. The van der Waals surface area contributed by atoms with Gasteiger partial charge in [0.2, 0.25) is 0 Å². The fourth-order valence-electron chi connectivity index (χ4n) is 1.98. The van der Waals surface area contributed by atoms with Crippen molar-refractivity contribution in [3.63, 3.8) is 0 Å². The van der Waals surface area contributed by atoms with Gasteiger partial charge < -0.3 is 10.1 Å². The highest BCUT2D eigenvalue weighted by molar-refractivity contribution is 7.99. The highest BCUT2D eigenvalue weighted by Gasteiger charge is 2.10. The molecule has 0 atom stereocenters. The molecule has 0 aliphatic carbocycles.